The Morgan fingerprint density at radius 2 is 1.93 bits per heavy atom. The lowest BCUT2D eigenvalue weighted by Crippen LogP contribution is -2.39. The van der Waals surface area contributed by atoms with Crippen molar-refractivity contribution in [1.82, 2.24) is 10.2 Å². The summed E-state index contributed by atoms with van der Waals surface area (Å²) < 4.78 is 20.9. The zero-order valence-corrected chi connectivity index (χ0v) is 15.3. The molecule has 0 bridgehead atoms. The number of nitrogens with one attached hydrogen (secondary N) is 1. The molecular weight excluding hydrogens is 368 g/mol. The van der Waals surface area contributed by atoms with Gasteiger partial charge in [0.15, 0.2) is 18.1 Å². The van der Waals surface area contributed by atoms with Crippen molar-refractivity contribution in [3.05, 3.63) is 47.9 Å². The Morgan fingerprint density at radius 3 is 2.68 bits per heavy atom. The van der Waals surface area contributed by atoms with Crippen LogP contribution in [0.2, 0.25) is 0 Å². The fraction of sp³-hybridized carbons (Fsp3) is 0.316. The van der Waals surface area contributed by atoms with Crippen molar-refractivity contribution in [2.45, 2.75) is 6.54 Å². The summed E-state index contributed by atoms with van der Waals surface area (Å²) in [5.74, 6) is 0.0951. The predicted molar refractivity (Wildman–Crippen MR) is 95.9 cm³/mol. The number of amides is 2. The number of nitrogens with zero attached hydrogens (tertiary/aromatic N) is 1. The standard InChI is InChI=1S/C19H20N2O7/c1-21(11-17(22)20-10-14-3-2-6-25-14)18(23)12-28-19(24)13-4-5-15-16(9-13)27-8-7-26-15/h2-6,9H,7-8,10-12H2,1H3,(H,20,22). The maximum atomic E-state index is 12.1. The smallest absolute Gasteiger partial charge is 0.338 e. The molecule has 0 unspecified atom stereocenters. The van der Waals surface area contributed by atoms with Crippen LogP contribution in [0.1, 0.15) is 16.1 Å². The molecule has 1 aliphatic heterocycles. The van der Waals surface area contributed by atoms with Gasteiger partial charge in [-0.25, -0.2) is 4.79 Å². The van der Waals surface area contributed by atoms with Gasteiger partial charge in [0.05, 0.1) is 24.9 Å². The van der Waals surface area contributed by atoms with Crippen LogP contribution in [-0.2, 0) is 20.9 Å². The normalized spacial score (nSPS) is 12.2. The topological polar surface area (TPSA) is 107 Å². The highest BCUT2D eigenvalue weighted by atomic mass is 16.6. The Balaban J connectivity index is 1.43. The average molecular weight is 388 g/mol. The van der Waals surface area contributed by atoms with E-state index in [1.54, 1.807) is 18.2 Å². The Bertz CT molecular complexity index is 848. The van der Waals surface area contributed by atoms with Crippen molar-refractivity contribution in [3.8, 4) is 11.5 Å². The molecule has 0 saturated carbocycles. The summed E-state index contributed by atoms with van der Waals surface area (Å²) in [5, 5.41) is 2.63. The van der Waals surface area contributed by atoms with Gasteiger partial charge < -0.3 is 28.8 Å². The number of hydrogen-bond acceptors (Lipinski definition) is 7. The van der Waals surface area contributed by atoms with E-state index in [0.29, 0.717) is 30.5 Å². The van der Waals surface area contributed by atoms with Gasteiger partial charge in [0.2, 0.25) is 5.91 Å². The highest BCUT2D eigenvalue weighted by Crippen LogP contribution is 2.30. The van der Waals surface area contributed by atoms with Crippen LogP contribution in [0.15, 0.2) is 41.0 Å². The second-order valence-electron chi connectivity index (χ2n) is 6.04. The molecule has 1 aliphatic rings. The molecular formula is C19H20N2O7. The van der Waals surface area contributed by atoms with E-state index < -0.39 is 18.5 Å². The van der Waals surface area contributed by atoms with Gasteiger partial charge in [-0.2, -0.15) is 0 Å². The van der Waals surface area contributed by atoms with Crippen molar-refractivity contribution < 1.29 is 33.0 Å². The Hall–Kier alpha value is -3.49. The van der Waals surface area contributed by atoms with Crippen LogP contribution in [0.5, 0.6) is 11.5 Å². The van der Waals surface area contributed by atoms with Crippen LogP contribution in [-0.4, -0.2) is 56.1 Å². The molecule has 1 N–H and O–H groups in total. The Kier molecular flexibility index (Phi) is 6.15. The number of fused-ring (bicyclic) bond motifs is 1. The largest absolute Gasteiger partial charge is 0.486 e. The maximum Gasteiger partial charge on any atom is 0.338 e. The van der Waals surface area contributed by atoms with Gasteiger partial charge in [-0.05, 0) is 30.3 Å². The first-order chi connectivity index (χ1) is 13.5. The molecule has 0 aliphatic carbocycles. The minimum atomic E-state index is -0.666. The van der Waals surface area contributed by atoms with Gasteiger partial charge in [0.25, 0.3) is 5.91 Å². The number of rotatable bonds is 7. The van der Waals surface area contributed by atoms with Crippen molar-refractivity contribution in [2.24, 2.45) is 0 Å². The summed E-state index contributed by atoms with van der Waals surface area (Å²) in [5.41, 5.74) is 0.246. The molecule has 2 amide bonds. The highest BCUT2D eigenvalue weighted by molar-refractivity contribution is 5.92. The van der Waals surface area contributed by atoms with Gasteiger partial charge in [0.1, 0.15) is 19.0 Å². The van der Waals surface area contributed by atoms with E-state index in [9.17, 15) is 14.4 Å². The summed E-state index contributed by atoms with van der Waals surface area (Å²) in [6, 6.07) is 8.10. The third-order valence-corrected chi connectivity index (χ3v) is 3.95. The lowest BCUT2D eigenvalue weighted by atomic mass is 10.2. The SMILES string of the molecule is CN(CC(=O)NCc1ccco1)C(=O)COC(=O)c1ccc2c(c1)OCCO2. The van der Waals surface area contributed by atoms with E-state index >= 15 is 0 Å². The molecule has 0 atom stereocenters. The van der Waals surface area contributed by atoms with Crippen LogP contribution in [0.3, 0.4) is 0 Å². The monoisotopic (exact) mass is 388 g/mol. The maximum absolute atomic E-state index is 12.1. The molecule has 2 heterocycles. The van der Waals surface area contributed by atoms with Crippen molar-refractivity contribution in [3.63, 3.8) is 0 Å². The third-order valence-electron chi connectivity index (χ3n) is 3.95. The third kappa shape index (κ3) is 5.03. The van der Waals surface area contributed by atoms with E-state index in [4.69, 9.17) is 18.6 Å². The zero-order valence-electron chi connectivity index (χ0n) is 15.3. The molecule has 0 spiro atoms. The fourth-order valence-corrected chi connectivity index (χ4v) is 2.45. The molecule has 0 saturated heterocycles. The van der Waals surface area contributed by atoms with E-state index in [2.05, 4.69) is 5.32 Å². The summed E-state index contributed by atoms with van der Waals surface area (Å²) in [4.78, 5) is 37.3. The molecule has 28 heavy (non-hydrogen) atoms. The predicted octanol–water partition coefficient (Wildman–Crippen LogP) is 0.982. The van der Waals surface area contributed by atoms with Crippen LogP contribution < -0.4 is 14.8 Å². The Labute approximate surface area is 161 Å². The molecule has 148 valence electrons. The van der Waals surface area contributed by atoms with Gasteiger partial charge in [-0.1, -0.05) is 0 Å². The van der Waals surface area contributed by atoms with Gasteiger partial charge >= 0.3 is 5.97 Å². The molecule has 0 fully saturated rings. The molecule has 1 aromatic carbocycles. The lowest BCUT2D eigenvalue weighted by molar-refractivity contribution is -0.137. The first kappa shape index (κ1) is 19.3. The van der Waals surface area contributed by atoms with Crippen LogP contribution in [0, 0.1) is 0 Å². The van der Waals surface area contributed by atoms with E-state index in [-0.39, 0.29) is 24.6 Å². The number of likely N-dealkylation sites (N-methyl/N-ethyl adjacent to an activating group) is 1. The number of ether oxygens (including phenoxy) is 3. The van der Waals surface area contributed by atoms with Crippen molar-refractivity contribution in [2.75, 3.05) is 33.4 Å². The number of carbonyl (C=O) groups is 3. The van der Waals surface area contributed by atoms with Gasteiger partial charge in [0, 0.05) is 7.05 Å². The minimum Gasteiger partial charge on any atom is -0.486 e. The lowest BCUT2D eigenvalue weighted by Gasteiger charge is -2.19. The van der Waals surface area contributed by atoms with Crippen molar-refractivity contribution >= 4 is 17.8 Å². The number of furan rings is 1. The van der Waals surface area contributed by atoms with Crippen LogP contribution in [0.4, 0.5) is 0 Å². The average Bonchev–Trinajstić information content (AvgIpc) is 3.23. The number of hydrogen-bond donors (Lipinski definition) is 1. The molecule has 1 aromatic heterocycles. The second kappa shape index (κ2) is 8.94. The second-order valence-corrected chi connectivity index (χ2v) is 6.04. The van der Waals surface area contributed by atoms with Crippen molar-refractivity contribution in [1.29, 1.82) is 0 Å². The first-order valence-electron chi connectivity index (χ1n) is 8.63. The highest BCUT2D eigenvalue weighted by Gasteiger charge is 2.18. The molecule has 9 nitrogen and oxygen atoms in total. The van der Waals surface area contributed by atoms with Crippen LogP contribution >= 0.6 is 0 Å². The summed E-state index contributed by atoms with van der Waals surface area (Å²) in [7, 11) is 1.45. The molecule has 2 aromatic rings. The quantitative estimate of drug-likeness (QED) is 0.705. The van der Waals surface area contributed by atoms with E-state index in [1.807, 2.05) is 0 Å². The van der Waals surface area contributed by atoms with Gasteiger partial charge in [-0.3, -0.25) is 9.59 Å². The minimum absolute atomic E-state index is 0.166. The molecule has 3 rings (SSSR count). The number of benzene rings is 1. The van der Waals surface area contributed by atoms with E-state index in [0.717, 1.165) is 0 Å². The van der Waals surface area contributed by atoms with Gasteiger partial charge in [-0.15, -0.1) is 0 Å². The fourth-order valence-electron chi connectivity index (χ4n) is 2.45. The van der Waals surface area contributed by atoms with E-state index in [1.165, 1.54) is 30.3 Å². The first-order valence-corrected chi connectivity index (χ1v) is 8.63. The number of carbonyl (C=O) groups excluding carboxylic acids is 3. The summed E-state index contributed by atoms with van der Waals surface area (Å²) >= 11 is 0. The summed E-state index contributed by atoms with van der Waals surface area (Å²) in [6.07, 6.45) is 1.51. The van der Waals surface area contributed by atoms with Crippen LogP contribution in [0.25, 0.3) is 0 Å². The molecule has 9 heteroatoms. The number of esters is 1. The zero-order chi connectivity index (χ0) is 19.9. The summed E-state index contributed by atoms with van der Waals surface area (Å²) in [6.45, 7) is 0.437. The Morgan fingerprint density at radius 1 is 1.14 bits per heavy atom. The molecule has 0 radical (unpaired) electrons.